The number of benzene rings is 2. The first kappa shape index (κ1) is 19.1. The number of sulfonamides is 1. The number of aryl methyl sites for hydroxylation is 2. The summed E-state index contributed by atoms with van der Waals surface area (Å²) in [5.74, 6) is 0. The average Bonchev–Trinajstić information content (AvgIpc) is 2.49. The Kier molecular flexibility index (Phi) is 5.81. The van der Waals surface area contributed by atoms with Gasteiger partial charge in [0.25, 0.3) is 0 Å². The van der Waals surface area contributed by atoms with E-state index in [1.807, 2.05) is 18.2 Å². The molecular weight excluding hydrogens is 367 g/mol. The van der Waals surface area contributed by atoms with Gasteiger partial charge in [0, 0.05) is 11.7 Å². The lowest BCUT2D eigenvalue weighted by Crippen LogP contribution is -2.31. The SMILES string of the molecule is Cc1cccc(S(=O)(=O)NC2CCCc3cc(N)ccc32)c1Cl.Cl. The molecule has 130 valence electrons. The zero-order valence-electron chi connectivity index (χ0n) is 13.3. The quantitative estimate of drug-likeness (QED) is 0.782. The average molecular weight is 387 g/mol. The molecule has 4 nitrogen and oxygen atoms in total. The number of hydrogen-bond acceptors (Lipinski definition) is 3. The van der Waals surface area contributed by atoms with Gasteiger partial charge in [0.05, 0.1) is 5.02 Å². The molecule has 2 aromatic rings. The van der Waals surface area contributed by atoms with Crippen LogP contribution in [0.5, 0.6) is 0 Å². The molecule has 1 unspecified atom stereocenters. The fourth-order valence-corrected chi connectivity index (χ4v) is 4.87. The normalized spacial score (nSPS) is 17.0. The third kappa shape index (κ3) is 3.70. The second kappa shape index (κ2) is 7.31. The molecule has 24 heavy (non-hydrogen) atoms. The second-order valence-corrected chi connectivity index (χ2v) is 7.97. The van der Waals surface area contributed by atoms with Crippen LogP contribution in [0.15, 0.2) is 41.3 Å². The Bertz CT molecular complexity index is 854. The molecule has 0 saturated heterocycles. The minimum Gasteiger partial charge on any atom is -0.399 e. The molecule has 0 aromatic heterocycles. The van der Waals surface area contributed by atoms with Crippen LogP contribution in [-0.2, 0) is 16.4 Å². The highest BCUT2D eigenvalue weighted by atomic mass is 35.5. The van der Waals surface area contributed by atoms with Crippen molar-refractivity contribution in [2.75, 3.05) is 5.73 Å². The van der Waals surface area contributed by atoms with Crippen molar-refractivity contribution in [3.8, 4) is 0 Å². The van der Waals surface area contributed by atoms with Crippen LogP contribution in [0.4, 0.5) is 5.69 Å². The third-order valence-electron chi connectivity index (χ3n) is 4.22. The highest BCUT2D eigenvalue weighted by molar-refractivity contribution is 7.89. The maximum atomic E-state index is 12.7. The van der Waals surface area contributed by atoms with Crippen molar-refractivity contribution in [3.05, 3.63) is 58.1 Å². The molecule has 3 N–H and O–H groups in total. The van der Waals surface area contributed by atoms with E-state index < -0.39 is 10.0 Å². The maximum Gasteiger partial charge on any atom is 0.242 e. The van der Waals surface area contributed by atoms with Gasteiger partial charge in [-0.25, -0.2) is 13.1 Å². The van der Waals surface area contributed by atoms with Crippen molar-refractivity contribution in [1.29, 1.82) is 0 Å². The molecule has 0 radical (unpaired) electrons. The van der Waals surface area contributed by atoms with Gasteiger partial charge in [-0.1, -0.05) is 29.8 Å². The Hall–Kier alpha value is -1.27. The standard InChI is InChI=1S/C17H19ClN2O2S.ClH/c1-11-4-2-7-16(17(11)18)23(21,22)20-15-6-3-5-12-10-13(19)8-9-14(12)15;/h2,4,7-10,15,20H,3,5-6,19H2,1H3;1H. The van der Waals surface area contributed by atoms with Crippen LogP contribution in [0.2, 0.25) is 5.02 Å². The van der Waals surface area contributed by atoms with Crippen LogP contribution in [0.25, 0.3) is 0 Å². The number of nitrogen functional groups attached to an aromatic ring is 1. The number of rotatable bonds is 3. The van der Waals surface area contributed by atoms with Gasteiger partial charge < -0.3 is 5.73 Å². The van der Waals surface area contributed by atoms with Gasteiger partial charge in [0.15, 0.2) is 0 Å². The van der Waals surface area contributed by atoms with Crippen LogP contribution in [0.3, 0.4) is 0 Å². The Morgan fingerprint density at radius 2 is 2.00 bits per heavy atom. The molecule has 3 rings (SSSR count). The number of nitrogens with two attached hydrogens (primary N) is 1. The molecule has 0 saturated carbocycles. The first-order valence-corrected chi connectivity index (χ1v) is 9.40. The smallest absolute Gasteiger partial charge is 0.242 e. The molecule has 7 heteroatoms. The van der Waals surface area contributed by atoms with E-state index in [9.17, 15) is 8.42 Å². The number of fused-ring (bicyclic) bond motifs is 1. The summed E-state index contributed by atoms with van der Waals surface area (Å²) in [4.78, 5) is 0.127. The van der Waals surface area contributed by atoms with Gasteiger partial charge in [-0.2, -0.15) is 0 Å². The van der Waals surface area contributed by atoms with E-state index in [1.54, 1.807) is 19.1 Å². The predicted octanol–water partition coefficient (Wildman–Crippen LogP) is 4.01. The van der Waals surface area contributed by atoms with Crippen LogP contribution < -0.4 is 10.5 Å². The molecule has 0 fully saturated rings. The van der Waals surface area contributed by atoms with Crippen LogP contribution in [-0.4, -0.2) is 8.42 Å². The van der Waals surface area contributed by atoms with Crippen molar-refractivity contribution < 1.29 is 8.42 Å². The molecular formula is C17H20Cl2N2O2S. The van der Waals surface area contributed by atoms with Gasteiger partial charge in [-0.3, -0.25) is 0 Å². The monoisotopic (exact) mass is 386 g/mol. The summed E-state index contributed by atoms with van der Waals surface area (Å²) in [5, 5.41) is 0.272. The summed E-state index contributed by atoms with van der Waals surface area (Å²) in [6.45, 7) is 1.79. The molecule has 0 bridgehead atoms. The molecule has 1 atom stereocenters. The number of nitrogens with one attached hydrogen (secondary N) is 1. The first-order chi connectivity index (χ1) is 10.9. The molecule has 0 heterocycles. The van der Waals surface area contributed by atoms with Gasteiger partial charge in [0.2, 0.25) is 10.0 Å². The summed E-state index contributed by atoms with van der Waals surface area (Å²) in [6, 6.07) is 10.4. The number of hydrogen-bond donors (Lipinski definition) is 2. The Morgan fingerprint density at radius 1 is 1.25 bits per heavy atom. The highest BCUT2D eigenvalue weighted by Crippen LogP contribution is 2.33. The predicted molar refractivity (Wildman–Crippen MR) is 100 cm³/mol. The largest absolute Gasteiger partial charge is 0.399 e. The van der Waals surface area contributed by atoms with E-state index in [-0.39, 0.29) is 28.4 Å². The summed E-state index contributed by atoms with van der Waals surface area (Å²) >= 11 is 6.18. The van der Waals surface area contributed by atoms with Crippen LogP contribution >= 0.6 is 24.0 Å². The van der Waals surface area contributed by atoms with Crippen LogP contribution in [0, 0.1) is 6.92 Å². The van der Waals surface area contributed by atoms with E-state index >= 15 is 0 Å². The lowest BCUT2D eigenvalue weighted by atomic mass is 9.88. The summed E-state index contributed by atoms with van der Waals surface area (Å²) in [6.07, 6.45) is 2.61. The summed E-state index contributed by atoms with van der Waals surface area (Å²) < 4.78 is 28.3. The van der Waals surface area contributed by atoms with Gasteiger partial charge in [-0.15, -0.1) is 12.4 Å². The van der Waals surface area contributed by atoms with Crippen molar-refractivity contribution in [1.82, 2.24) is 4.72 Å². The van der Waals surface area contributed by atoms with Crippen molar-refractivity contribution in [3.63, 3.8) is 0 Å². The summed E-state index contributed by atoms with van der Waals surface area (Å²) in [5.41, 5.74) is 9.38. The lowest BCUT2D eigenvalue weighted by Gasteiger charge is -2.26. The van der Waals surface area contributed by atoms with Crippen molar-refractivity contribution >= 4 is 39.7 Å². The lowest BCUT2D eigenvalue weighted by molar-refractivity contribution is 0.507. The van der Waals surface area contributed by atoms with E-state index in [0.717, 1.165) is 36.0 Å². The van der Waals surface area contributed by atoms with E-state index in [0.29, 0.717) is 5.69 Å². The van der Waals surface area contributed by atoms with E-state index in [4.69, 9.17) is 17.3 Å². The Morgan fingerprint density at radius 3 is 2.75 bits per heavy atom. The molecule has 0 spiro atoms. The summed E-state index contributed by atoms with van der Waals surface area (Å²) in [7, 11) is -3.68. The van der Waals surface area contributed by atoms with Crippen molar-refractivity contribution in [2.24, 2.45) is 0 Å². The fourth-order valence-electron chi connectivity index (χ4n) is 3.04. The number of halogens is 2. The first-order valence-electron chi connectivity index (χ1n) is 7.54. The maximum absolute atomic E-state index is 12.7. The zero-order chi connectivity index (χ0) is 16.6. The Labute approximate surface area is 153 Å². The van der Waals surface area contributed by atoms with E-state index in [1.165, 1.54) is 6.07 Å². The fraction of sp³-hybridized carbons (Fsp3) is 0.294. The number of anilines is 1. The molecule has 0 amide bonds. The minimum absolute atomic E-state index is 0. The third-order valence-corrected chi connectivity index (χ3v) is 6.35. The second-order valence-electron chi connectivity index (χ2n) is 5.91. The molecule has 0 aliphatic heterocycles. The van der Waals surface area contributed by atoms with Gasteiger partial charge in [0.1, 0.15) is 4.90 Å². The zero-order valence-corrected chi connectivity index (χ0v) is 15.6. The van der Waals surface area contributed by atoms with Crippen LogP contribution in [0.1, 0.15) is 35.6 Å². The highest BCUT2D eigenvalue weighted by Gasteiger charge is 2.27. The van der Waals surface area contributed by atoms with Gasteiger partial charge in [-0.05, 0) is 61.1 Å². The molecule has 2 aromatic carbocycles. The van der Waals surface area contributed by atoms with Gasteiger partial charge >= 0.3 is 0 Å². The van der Waals surface area contributed by atoms with E-state index in [2.05, 4.69) is 4.72 Å². The van der Waals surface area contributed by atoms with Crippen molar-refractivity contribution in [2.45, 2.75) is 37.1 Å². The minimum atomic E-state index is -3.68. The molecule has 1 aliphatic carbocycles. The topological polar surface area (TPSA) is 72.2 Å². The Balaban J connectivity index is 0.00000208. The molecule has 1 aliphatic rings.